The molecule has 0 spiro atoms. The number of rotatable bonds is 2. The fourth-order valence-electron chi connectivity index (χ4n) is 1.05. The van der Waals surface area contributed by atoms with Gasteiger partial charge in [-0.15, -0.1) is 0 Å². The van der Waals surface area contributed by atoms with E-state index in [1.54, 1.807) is 13.0 Å². The van der Waals surface area contributed by atoms with Crippen molar-refractivity contribution in [3.05, 3.63) is 47.0 Å². The Bertz CT molecular complexity index is 311. The van der Waals surface area contributed by atoms with Gasteiger partial charge in [0.25, 0.3) is 5.92 Å². The van der Waals surface area contributed by atoms with E-state index in [9.17, 15) is 8.78 Å². The number of allylic oxidation sites excluding steroid dienone is 1. The molecule has 0 saturated heterocycles. The maximum Gasteiger partial charge on any atom is 0.291 e. The summed E-state index contributed by atoms with van der Waals surface area (Å²) in [6.45, 7) is 4.79. The first-order valence-corrected chi connectivity index (χ1v) is 4.12. The number of halogens is 3. The van der Waals surface area contributed by atoms with Crippen molar-refractivity contribution in [3.63, 3.8) is 0 Å². The summed E-state index contributed by atoms with van der Waals surface area (Å²) in [5.74, 6) is -3.00. The SMILES string of the molecule is C=CC(F)(F)c1cc(C)cc(Cl)c1. The summed E-state index contributed by atoms with van der Waals surface area (Å²) >= 11 is 5.65. The topological polar surface area (TPSA) is 0 Å². The lowest BCUT2D eigenvalue weighted by molar-refractivity contribution is 0.0525. The molecule has 0 saturated carbocycles. The largest absolute Gasteiger partial charge is 0.291 e. The molecule has 0 aromatic heterocycles. The van der Waals surface area contributed by atoms with Gasteiger partial charge in [-0.25, -0.2) is 0 Å². The van der Waals surface area contributed by atoms with E-state index in [0.29, 0.717) is 16.7 Å². The van der Waals surface area contributed by atoms with Crippen LogP contribution < -0.4 is 0 Å². The molecule has 3 heteroatoms. The quantitative estimate of drug-likeness (QED) is 0.638. The smallest absolute Gasteiger partial charge is 0.197 e. The van der Waals surface area contributed by atoms with Crippen molar-refractivity contribution < 1.29 is 8.78 Å². The minimum atomic E-state index is -3.00. The van der Waals surface area contributed by atoms with Gasteiger partial charge in [0, 0.05) is 10.6 Å². The van der Waals surface area contributed by atoms with E-state index < -0.39 is 5.92 Å². The van der Waals surface area contributed by atoms with Gasteiger partial charge in [-0.05, 0) is 36.8 Å². The van der Waals surface area contributed by atoms with Gasteiger partial charge >= 0.3 is 0 Å². The lowest BCUT2D eigenvalue weighted by Crippen LogP contribution is -2.08. The van der Waals surface area contributed by atoms with Crippen molar-refractivity contribution in [2.45, 2.75) is 12.8 Å². The van der Waals surface area contributed by atoms with E-state index in [2.05, 4.69) is 6.58 Å². The van der Waals surface area contributed by atoms with Gasteiger partial charge in [-0.3, -0.25) is 0 Å². The Morgan fingerprint density at radius 1 is 1.38 bits per heavy atom. The van der Waals surface area contributed by atoms with Crippen molar-refractivity contribution >= 4 is 11.6 Å². The zero-order valence-corrected chi connectivity index (χ0v) is 7.91. The lowest BCUT2D eigenvalue weighted by Gasteiger charge is -2.12. The van der Waals surface area contributed by atoms with Gasteiger partial charge in [0.05, 0.1) is 0 Å². The number of alkyl halides is 2. The highest BCUT2D eigenvalue weighted by Crippen LogP contribution is 2.31. The average Bonchev–Trinajstić information content (AvgIpc) is 2.02. The molecule has 1 rings (SSSR count). The highest BCUT2D eigenvalue weighted by molar-refractivity contribution is 6.30. The molecule has 0 radical (unpaired) electrons. The monoisotopic (exact) mass is 202 g/mol. The van der Waals surface area contributed by atoms with Crippen molar-refractivity contribution in [2.24, 2.45) is 0 Å². The standard InChI is InChI=1S/C10H9ClF2/c1-3-10(12,13)8-4-7(2)5-9(11)6-8/h3-6H,1H2,2H3. The summed E-state index contributed by atoms with van der Waals surface area (Å²) in [6.07, 6.45) is 0.609. The van der Waals surface area contributed by atoms with Gasteiger partial charge in [-0.2, -0.15) is 8.78 Å². The van der Waals surface area contributed by atoms with Crippen LogP contribution in [0, 0.1) is 6.92 Å². The highest BCUT2D eigenvalue weighted by Gasteiger charge is 2.27. The lowest BCUT2D eigenvalue weighted by atomic mass is 10.1. The molecule has 0 nitrogen and oxygen atoms in total. The second-order valence-corrected chi connectivity index (χ2v) is 3.28. The molecule has 1 aromatic rings. The van der Waals surface area contributed by atoms with Crippen molar-refractivity contribution in [1.29, 1.82) is 0 Å². The van der Waals surface area contributed by atoms with Crippen LogP contribution in [0.15, 0.2) is 30.9 Å². The molecule has 0 fully saturated rings. The minimum absolute atomic E-state index is 0.118. The first-order chi connectivity index (χ1) is 5.95. The predicted octanol–water partition coefficient (Wildman–Crippen LogP) is 3.93. The van der Waals surface area contributed by atoms with Gasteiger partial charge in [-0.1, -0.05) is 18.2 Å². The van der Waals surface area contributed by atoms with Crippen LogP contribution in [-0.4, -0.2) is 0 Å². The Morgan fingerprint density at radius 2 is 2.00 bits per heavy atom. The summed E-state index contributed by atoms with van der Waals surface area (Å²) in [4.78, 5) is 0. The zero-order chi connectivity index (χ0) is 10.1. The molecule has 0 amide bonds. The molecule has 0 aliphatic rings. The average molecular weight is 203 g/mol. The molecule has 70 valence electrons. The highest BCUT2D eigenvalue weighted by atomic mass is 35.5. The van der Waals surface area contributed by atoms with Crippen LogP contribution in [0.4, 0.5) is 8.78 Å². The van der Waals surface area contributed by atoms with E-state index in [-0.39, 0.29) is 5.56 Å². The van der Waals surface area contributed by atoms with Crippen LogP contribution in [0.5, 0.6) is 0 Å². The Kier molecular flexibility index (Phi) is 2.71. The van der Waals surface area contributed by atoms with E-state index in [0.717, 1.165) is 0 Å². The normalized spacial score (nSPS) is 11.4. The van der Waals surface area contributed by atoms with E-state index in [4.69, 9.17) is 11.6 Å². The molecule has 0 bridgehead atoms. The predicted molar refractivity (Wildman–Crippen MR) is 50.3 cm³/mol. The fourth-order valence-corrected chi connectivity index (χ4v) is 1.34. The molecule has 0 atom stereocenters. The van der Waals surface area contributed by atoms with Crippen LogP contribution in [-0.2, 0) is 5.92 Å². The van der Waals surface area contributed by atoms with Gasteiger partial charge in [0.15, 0.2) is 0 Å². The number of hydrogen-bond donors (Lipinski definition) is 0. The van der Waals surface area contributed by atoms with E-state index in [1.807, 2.05) is 0 Å². The Morgan fingerprint density at radius 3 is 2.46 bits per heavy atom. The molecule has 13 heavy (non-hydrogen) atoms. The van der Waals surface area contributed by atoms with E-state index in [1.165, 1.54) is 12.1 Å². The first kappa shape index (κ1) is 10.2. The molecular weight excluding hydrogens is 194 g/mol. The second-order valence-electron chi connectivity index (χ2n) is 2.84. The summed E-state index contributed by atoms with van der Waals surface area (Å²) < 4.78 is 26.1. The third kappa shape index (κ3) is 2.28. The maximum absolute atomic E-state index is 13.1. The molecule has 0 N–H and O–H groups in total. The number of aryl methyl sites for hydroxylation is 1. The van der Waals surface area contributed by atoms with Crippen LogP contribution in [0.3, 0.4) is 0 Å². The second kappa shape index (κ2) is 3.46. The summed E-state index contributed by atoms with van der Waals surface area (Å²) in [7, 11) is 0. The third-order valence-corrected chi connectivity index (χ3v) is 1.90. The number of benzene rings is 1. The van der Waals surface area contributed by atoms with E-state index >= 15 is 0 Å². The molecule has 0 aliphatic carbocycles. The molecule has 0 aliphatic heterocycles. The maximum atomic E-state index is 13.1. The Balaban J connectivity index is 3.22. The van der Waals surface area contributed by atoms with Crippen molar-refractivity contribution in [2.75, 3.05) is 0 Å². The molecule has 1 aromatic carbocycles. The van der Waals surface area contributed by atoms with Gasteiger partial charge < -0.3 is 0 Å². The third-order valence-electron chi connectivity index (χ3n) is 1.68. The van der Waals surface area contributed by atoms with Crippen LogP contribution in [0.1, 0.15) is 11.1 Å². The Labute approximate surface area is 80.8 Å². The van der Waals surface area contributed by atoms with Gasteiger partial charge in [0.1, 0.15) is 0 Å². The minimum Gasteiger partial charge on any atom is -0.197 e. The van der Waals surface area contributed by atoms with Crippen LogP contribution >= 0.6 is 11.6 Å². The van der Waals surface area contributed by atoms with Gasteiger partial charge in [0.2, 0.25) is 0 Å². The van der Waals surface area contributed by atoms with Crippen molar-refractivity contribution in [3.8, 4) is 0 Å². The van der Waals surface area contributed by atoms with Crippen LogP contribution in [0.25, 0.3) is 0 Å². The van der Waals surface area contributed by atoms with Crippen molar-refractivity contribution in [1.82, 2.24) is 0 Å². The fraction of sp³-hybridized carbons (Fsp3) is 0.200. The summed E-state index contributed by atoms with van der Waals surface area (Å²) in [6, 6.07) is 4.27. The summed E-state index contributed by atoms with van der Waals surface area (Å²) in [5.41, 5.74) is 0.594. The Hall–Kier alpha value is -0.890. The zero-order valence-electron chi connectivity index (χ0n) is 7.15. The summed E-state index contributed by atoms with van der Waals surface area (Å²) in [5, 5.41) is 0.316. The number of hydrogen-bond acceptors (Lipinski definition) is 0. The first-order valence-electron chi connectivity index (χ1n) is 3.75. The molecular formula is C10H9ClF2. The van der Waals surface area contributed by atoms with Crippen LogP contribution in [0.2, 0.25) is 5.02 Å². The molecule has 0 unspecified atom stereocenters. The molecule has 0 heterocycles.